The van der Waals surface area contributed by atoms with Crippen LogP contribution >= 0.6 is 0 Å². The van der Waals surface area contributed by atoms with E-state index in [0.29, 0.717) is 0 Å². The summed E-state index contributed by atoms with van der Waals surface area (Å²) >= 11 is 0. The molecule has 0 aliphatic rings. The first-order valence-electron chi connectivity index (χ1n) is 6.75. The SMILES string of the molecule is Cc1ccncc1CNCC(C)(C)c1ccccc1. The molecule has 0 unspecified atom stereocenters. The fraction of sp³-hybridized carbons (Fsp3) is 0.353. The van der Waals surface area contributed by atoms with Crippen LogP contribution in [0.4, 0.5) is 0 Å². The van der Waals surface area contributed by atoms with Crippen LogP contribution in [0, 0.1) is 6.92 Å². The molecule has 2 aromatic rings. The van der Waals surface area contributed by atoms with E-state index >= 15 is 0 Å². The number of aromatic nitrogens is 1. The summed E-state index contributed by atoms with van der Waals surface area (Å²) in [5, 5.41) is 3.54. The Morgan fingerprint density at radius 1 is 1.11 bits per heavy atom. The second kappa shape index (κ2) is 5.98. The van der Waals surface area contributed by atoms with E-state index in [9.17, 15) is 0 Å². The van der Waals surface area contributed by atoms with Crippen molar-refractivity contribution in [2.24, 2.45) is 0 Å². The molecule has 0 saturated heterocycles. The minimum Gasteiger partial charge on any atom is -0.312 e. The molecular weight excluding hydrogens is 232 g/mol. The van der Waals surface area contributed by atoms with Gasteiger partial charge in [0, 0.05) is 30.9 Å². The summed E-state index contributed by atoms with van der Waals surface area (Å²) in [5.74, 6) is 0. The zero-order valence-corrected chi connectivity index (χ0v) is 12.0. The number of hydrogen-bond donors (Lipinski definition) is 1. The van der Waals surface area contributed by atoms with E-state index in [2.05, 4.69) is 67.5 Å². The maximum atomic E-state index is 4.18. The highest BCUT2D eigenvalue weighted by molar-refractivity contribution is 5.24. The molecule has 19 heavy (non-hydrogen) atoms. The Balaban J connectivity index is 1.94. The van der Waals surface area contributed by atoms with Crippen LogP contribution in [0.1, 0.15) is 30.5 Å². The summed E-state index contributed by atoms with van der Waals surface area (Å²) in [5.41, 5.74) is 4.06. The van der Waals surface area contributed by atoms with Crippen molar-refractivity contribution in [2.75, 3.05) is 6.54 Å². The third-order valence-electron chi connectivity index (χ3n) is 3.59. The van der Waals surface area contributed by atoms with E-state index in [1.807, 2.05) is 12.4 Å². The van der Waals surface area contributed by atoms with Crippen LogP contribution in [0.3, 0.4) is 0 Å². The van der Waals surface area contributed by atoms with E-state index in [1.54, 1.807) is 0 Å². The van der Waals surface area contributed by atoms with E-state index in [0.717, 1.165) is 13.1 Å². The second-order valence-electron chi connectivity index (χ2n) is 5.66. The van der Waals surface area contributed by atoms with Crippen LogP contribution in [0.15, 0.2) is 48.8 Å². The molecule has 2 heteroatoms. The highest BCUT2D eigenvalue weighted by Gasteiger charge is 2.19. The van der Waals surface area contributed by atoms with Crippen molar-refractivity contribution >= 4 is 0 Å². The molecule has 2 rings (SSSR count). The molecule has 0 fully saturated rings. The van der Waals surface area contributed by atoms with Crippen molar-refractivity contribution in [2.45, 2.75) is 32.7 Å². The number of aryl methyl sites for hydroxylation is 1. The zero-order chi connectivity index (χ0) is 13.7. The summed E-state index contributed by atoms with van der Waals surface area (Å²) in [6.07, 6.45) is 3.78. The van der Waals surface area contributed by atoms with Gasteiger partial charge in [0.15, 0.2) is 0 Å². The largest absolute Gasteiger partial charge is 0.312 e. The first-order valence-corrected chi connectivity index (χ1v) is 6.75. The van der Waals surface area contributed by atoms with Crippen LogP contribution < -0.4 is 5.32 Å². The predicted molar refractivity (Wildman–Crippen MR) is 80.1 cm³/mol. The van der Waals surface area contributed by atoms with Crippen molar-refractivity contribution < 1.29 is 0 Å². The maximum Gasteiger partial charge on any atom is 0.0315 e. The van der Waals surface area contributed by atoms with Gasteiger partial charge in [-0.15, -0.1) is 0 Å². The molecule has 0 amide bonds. The van der Waals surface area contributed by atoms with Crippen LogP contribution in [-0.4, -0.2) is 11.5 Å². The second-order valence-corrected chi connectivity index (χ2v) is 5.66. The Hall–Kier alpha value is -1.67. The topological polar surface area (TPSA) is 24.9 Å². The van der Waals surface area contributed by atoms with E-state index in [-0.39, 0.29) is 5.41 Å². The lowest BCUT2D eigenvalue weighted by Gasteiger charge is -2.26. The summed E-state index contributed by atoms with van der Waals surface area (Å²) < 4.78 is 0. The number of nitrogens with zero attached hydrogens (tertiary/aromatic N) is 1. The third kappa shape index (κ3) is 3.65. The normalized spacial score (nSPS) is 11.5. The molecule has 0 radical (unpaired) electrons. The van der Waals surface area contributed by atoms with Gasteiger partial charge in [-0.1, -0.05) is 44.2 Å². The Morgan fingerprint density at radius 3 is 2.53 bits per heavy atom. The van der Waals surface area contributed by atoms with Crippen LogP contribution in [0.2, 0.25) is 0 Å². The van der Waals surface area contributed by atoms with Gasteiger partial charge in [-0.05, 0) is 29.7 Å². The Bertz CT molecular complexity index is 518. The number of rotatable bonds is 5. The molecule has 0 bridgehead atoms. The first-order chi connectivity index (χ1) is 9.09. The molecule has 0 spiro atoms. The highest BCUT2D eigenvalue weighted by Crippen LogP contribution is 2.21. The standard InChI is InChI=1S/C17H22N2/c1-14-9-10-18-11-15(14)12-19-13-17(2,3)16-7-5-4-6-8-16/h4-11,19H,12-13H2,1-3H3. The average molecular weight is 254 g/mol. The zero-order valence-electron chi connectivity index (χ0n) is 12.0. The smallest absolute Gasteiger partial charge is 0.0315 e. The van der Waals surface area contributed by atoms with Gasteiger partial charge in [0.25, 0.3) is 0 Å². The van der Waals surface area contributed by atoms with Gasteiger partial charge in [-0.25, -0.2) is 0 Å². The van der Waals surface area contributed by atoms with E-state index in [1.165, 1.54) is 16.7 Å². The van der Waals surface area contributed by atoms with Crippen LogP contribution in [-0.2, 0) is 12.0 Å². The van der Waals surface area contributed by atoms with Gasteiger partial charge in [0.1, 0.15) is 0 Å². The van der Waals surface area contributed by atoms with Crippen molar-refractivity contribution in [1.29, 1.82) is 0 Å². The average Bonchev–Trinajstić information content (AvgIpc) is 2.42. The lowest BCUT2D eigenvalue weighted by Crippen LogP contribution is -2.32. The Labute approximate surface area is 115 Å². The fourth-order valence-electron chi connectivity index (χ4n) is 2.18. The fourth-order valence-corrected chi connectivity index (χ4v) is 2.18. The minimum atomic E-state index is 0.136. The monoisotopic (exact) mass is 254 g/mol. The molecule has 1 aromatic heterocycles. The van der Waals surface area contributed by atoms with Crippen molar-refractivity contribution in [1.82, 2.24) is 10.3 Å². The van der Waals surface area contributed by atoms with E-state index < -0.39 is 0 Å². The minimum absolute atomic E-state index is 0.136. The third-order valence-corrected chi connectivity index (χ3v) is 3.59. The van der Waals surface area contributed by atoms with Crippen LogP contribution in [0.25, 0.3) is 0 Å². The molecule has 2 nitrogen and oxygen atoms in total. The van der Waals surface area contributed by atoms with Crippen molar-refractivity contribution in [3.05, 3.63) is 65.5 Å². The quantitative estimate of drug-likeness (QED) is 0.884. The summed E-state index contributed by atoms with van der Waals surface area (Å²) in [4.78, 5) is 4.18. The van der Waals surface area contributed by atoms with Crippen LogP contribution in [0.5, 0.6) is 0 Å². The lowest BCUT2D eigenvalue weighted by atomic mass is 9.84. The number of nitrogens with one attached hydrogen (secondary N) is 1. The lowest BCUT2D eigenvalue weighted by molar-refractivity contribution is 0.468. The summed E-state index contributed by atoms with van der Waals surface area (Å²) in [6, 6.07) is 12.7. The van der Waals surface area contributed by atoms with Gasteiger partial charge >= 0.3 is 0 Å². The van der Waals surface area contributed by atoms with Crippen molar-refractivity contribution in [3.63, 3.8) is 0 Å². The predicted octanol–water partition coefficient (Wildman–Crippen LogP) is 3.46. The molecule has 1 aromatic carbocycles. The molecule has 0 atom stereocenters. The van der Waals surface area contributed by atoms with Gasteiger partial charge < -0.3 is 5.32 Å². The molecule has 1 N–H and O–H groups in total. The summed E-state index contributed by atoms with van der Waals surface area (Å²) in [7, 11) is 0. The maximum absolute atomic E-state index is 4.18. The van der Waals surface area contributed by atoms with Gasteiger partial charge in [-0.3, -0.25) is 4.98 Å². The molecule has 0 saturated carbocycles. The Kier molecular flexibility index (Phi) is 4.33. The molecule has 0 aliphatic carbocycles. The summed E-state index contributed by atoms with van der Waals surface area (Å²) in [6.45, 7) is 8.49. The molecule has 1 heterocycles. The molecule has 0 aliphatic heterocycles. The van der Waals surface area contributed by atoms with Gasteiger partial charge in [-0.2, -0.15) is 0 Å². The highest BCUT2D eigenvalue weighted by atomic mass is 14.9. The van der Waals surface area contributed by atoms with Gasteiger partial charge in [0.05, 0.1) is 0 Å². The number of hydrogen-bond acceptors (Lipinski definition) is 2. The molecule has 100 valence electrons. The number of pyridine rings is 1. The number of benzene rings is 1. The van der Waals surface area contributed by atoms with E-state index in [4.69, 9.17) is 0 Å². The Morgan fingerprint density at radius 2 is 1.84 bits per heavy atom. The van der Waals surface area contributed by atoms with Crippen molar-refractivity contribution in [3.8, 4) is 0 Å². The molecular formula is C17H22N2. The van der Waals surface area contributed by atoms with Gasteiger partial charge in [0.2, 0.25) is 0 Å². The first kappa shape index (κ1) is 13.8.